The molecule has 1 fully saturated rings. The van der Waals surface area contributed by atoms with Crippen LogP contribution in [0.3, 0.4) is 0 Å². The largest absolute Gasteiger partial charge is 0.352 e. The number of imide groups is 1. The molecule has 26 heavy (non-hydrogen) atoms. The summed E-state index contributed by atoms with van der Waals surface area (Å²) in [6.07, 6.45) is 0.0754. The number of carbonyl (C=O) groups is 3. The predicted octanol–water partition coefficient (Wildman–Crippen LogP) is 1.71. The van der Waals surface area contributed by atoms with Crippen LogP contribution in [0.1, 0.15) is 12.8 Å². The molecule has 130 valence electrons. The minimum Gasteiger partial charge on any atom is -0.329 e. The number of benzene rings is 2. The second-order valence-electron chi connectivity index (χ2n) is 6.02. The molecule has 0 unspecified atom stereocenters. The molecule has 2 heterocycles. The van der Waals surface area contributed by atoms with Crippen molar-refractivity contribution in [3.63, 3.8) is 0 Å². The molecule has 0 radical (unpaired) electrons. The monoisotopic (exact) mass is 350 g/mol. The second kappa shape index (κ2) is 6.11. The van der Waals surface area contributed by atoms with Gasteiger partial charge in [0.1, 0.15) is 6.54 Å². The molecular weight excluding hydrogens is 336 g/mol. The van der Waals surface area contributed by atoms with Gasteiger partial charge in [-0.2, -0.15) is 0 Å². The van der Waals surface area contributed by atoms with Gasteiger partial charge in [0.2, 0.25) is 0 Å². The van der Waals surface area contributed by atoms with E-state index in [9.17, 15) is 19.2 Å². The summed E-state index contributed by atoms with van der Waals surface area (Å²) in [6, 6.07) is 13.9. The molecule has 7 nitrogen and oxygen atoms in total. The molecule has 2 aliphatic heterocycles. The molecule has 1 aliphatic carbocycles. The van der Waals surface area contributed by atoms with Crippen LogP contribution in [0.4, 0.5) is 0 Å². The molecule has 0 N–H and O–H groups in total. The summed E-state index contributed by atoms with van der Waals surface area (Å²) in [4.78, 5) is 52.8. The van der Waals surface area contributed by atoms with Crippen LogP contribution in [-0.2, 0) is 25.8 Å². The molecule has 3 aliphatic rings. The maximum absolute atomic E-state index is 12.4. The van der Waals surface area contributed by atoms with E-state index in [-0.39, 0.29) is 24.8 Å². The Labute approximate surface area is 147 Å². The van der Waals surface area contributed by atoms with Gasteiger partial charge in [0.05, 0.1) is 5.69 Å². The summed E-state index contributed by atoms with van der Waals surface area (Å²) in [6.45, 7) is -0.238. The number of pyridine rings is 1. The zero-order valence-corrected chi connectivity index (χ0v) is 13.7. The summed E-state index contributed by atoms with van der Waals surface area (Å²) in [7, 11) is 0. The number of nitrogens with zero attached hydrogens (tertiary/aromatic N) is 2. The number of rotatable bonds is 3. The Morgan fingerprint density at radius 1 is 0.962 bits per heavy atom. The number of carbonyl (C=O) groups excluding carboxylic acids is 3. The topological polar surface area (TPSA) is 85.7 Å². The highest BCUT2D eigenvalue weighted by Crippen LogP contribution is 2.26. The van der Waals surface area contributed by atoms with Crippen LogP contribution in [0.25, 0.3) is 22.2 Å². The van der Waals surface area contributed by atoms with Crippen molar-refractivity contribution in [1.82, 2.24) is 9.63 Å². The van der Waals surface area contributed by atoms with Gasteiger partial charge in [0.25, 0.3) is 11.8 Å². The highest BCUT2D eigenvalue weighted by Gasteiger charge is 2.33. The molecule has 1 aromatic rings. The van der Waals surface area contributed by atoms with Gasteiger partial charge in [-0.1, -0.05) is 24.3 Å². The van der Waals surface area contributed by atoms with Crippen LogP contribution in [0.15, 0.2) is 53.3 Å². The van der Waals surface area contributed by atoms with Crippen molar-refractivity contribution in [2.24, 2.45) is 0 Å². The van der Waals surface area contributed by atoms with Gasteiger partial charge in [-0.05, 0) is 29.7 Å². The number of fused-ring (bicyclic) bond motifs is 2. The van der Waals surface area contributed by atoms with Crippen LogP contribution in [0, 0.1) is 0 Å². The Morgan fingerprint density at radius 3 is 2.46 bits per heavy atom. The van der Waals surface area contributed by atoms with Crippen molar-refractivity contribution in [3.8, 4) is 11.3 Å². The van der Waals surface area contributed by atoms with Gasteiger partial charge in [0, 0.05) is 23.9 Å². The first-order valence-corrected chi connectivity index (χ1v) is 8.12. The lowest BCUT2D eigenvalue weighted by molar-refractivity contribution is -0.197. The number of para-hydroxylation sites is 1. The third-order valence-corrected chi connectivity index (χ3v) is 4.35. The van der Waals surface area contributed by atoms with Gasteiger partial charge in [-0.25, -0.2) is 4.79 Å². The van der Waals surface area contributed by atoms with Crippen molar-refractivity contribution in [2.75, 3.05) is 0 Å². The lowest BCUT2D eigenvalue weighted by Gasteiger charge is -2.19. The van der Waals surface area contributed by atoms with E-state index >= 15 is 0 Å². The van der Waals surface area contributed by atoms with Crippen LogP contribution in [0.5, 0.6) is 0 Å². The first-order valence-electron chi connectivity index (χ1n) is 8.12. The fourth-order valence-electron chi connectivity index (χ4n) is 3.14. The van der Waals surface area contributed by atoms with Crippen molar-refractivity contribution < 1.29 is 19.2 Å². The number of hydrogen-bond acceptors (Lipinski definition) is 5. The molecule has 2 amide bonds. The van der Waals surface area contributed by atoms with Gasteiger partial charge >= 0.3 is 5.97 Å². The Bertz CT molecular complexity index is 1070. The van der Waals surface area contributed by atoms with Crippen LogP contribution >= 0.6 is 0 Å². The van der Waals surface area contributed by atoms with Gasteiger partial charge in [0.15, 0.2) is 5.43 Å². The minimum atomic E-state index is -0.757. The molecule has 4 rings (SSSR count). The average molecular weight is 350 g/mol. The predicted molar refractivity (Wildman–Crippen MR) is 92.0 cm³/mol. The fraction of sp³-hybridized carbons (Fsp3) is 0.158. The SMILES string of the molecule is O=C(Cn1c2cccc(=O)c-2cc2ccccc21)ON1C(=O)CCC1=O. The summed E-state index contributed by atoms with van der Waals surface area (Å²) < 4.78 is 1.65. The fourth-order valence-corrected chi connectivity index (χ4v) is 3.14. The zero-order chi connectivity index (χ0) is 18.3. The Morgan fingerprint density at radius 2 is 1.69 bits per heavy atom. The van der Waals surface area contributed by atoms with Crippen molar-refractivity contribution >= 4 is 28.7 Å². The maximum Gasteiger partial charge on any atom is 0.352 e. The molecular formula is C19H14N2O5. The van der Waals surface area contributed by atoms with Crippen molar-refractivity contribution in [1.29, 1.82) is 0 Å². The maximum atomic E-state index is 12.4. The smallest absolute Gasteiger partial charge is 0.329 e. The van der Waals surface area contributed by atoms with Gasteiger partial charge in [-0.15, -0.1) is 5.06 Å². The Kier molecular flexibility index (Phi) is 3.76. The van der Waals surface area contributed by atoms with E-state index in [0.717, 1.165) is 10.9 Å². The Balaban J connectivity index is 1.76. The summed E-state index contributed by atoms with van der Waals surface area (Å²) >= 11 is 0. The number of hydroxylamine groups is 2. The summed E-state index contributed by atoms with van der Waals surface area (Å²) in [5.74, 6) is -1.82. The average Bonchev–Trinajstić information content (AvgIpc) is 2.94. The van der Waals surface area contributed by atoms with E-state index in [1.165, 1.54) is 6.07 Å². The van der Waals surface area contributed by atoms with E-state index in [2.05, 4.69) is 0 Å². The third-order valence-electron chi connectivity index (χ3n) is 4.35. The Hall–Kier alpha value is -3.48. The third kappa shape index (κ3) is 2.63. The molecule has 7 heteroatoms. The van der Waals surface area contributed by atoms with Crippen molar-refractivity contribution in [3.05, 3.63) is 58.8 Å². The molecule has 0 saturated carbocycles. The van der Waals surface area contributed by atoms with Gasteiger partial charge < -0.3 is 9.40 Å². The number of aromatic nitrogens is 1. The van der Waals surface area contributed by atoms with E-state index in [1.807, 2.05) is 24.3 Å². The van der Waals surface area contributed by atoms with E-state index in [0.29, 0.717) is 16.3 Å². The molecule has 0 spiro atoms. The normalized spacial score (nSPS) is 14.4. The first kappa shape index (κ1) is 16.0. The number of hydrogen-bond donors (Lipinski definition) is 0. The number of amides is 2. The standard InChI is InChI=1S/C19H14N2O5/c22-16-7-3-6-15-13(16)10-12-4-1-2-5-14(12)20(15)11-19(25)26-21-17(23)8-9-18(21)24/h1-7,10H,8-9,11H2. The molecule has 0 aromatic heterocycles. The molecule has 1 aromatic carbocycles. The highest BCUT2D eigenvalue weighted by molar-refractivity contribution is 6.01. The zero-order valence-electron chi connectivity index (χ0n) is 13.7. The van der Waals surface area contributed by atoms with Crippen LogP contribution < -0.4 is 5.43 Å². The van der Waals surface area contributed by atoms with Crippen LogP contribution in [0.2, 0.25) is 0 Å². The van der Waals surface area contributed by atoms with Crippen LogP contribution in [-0.4, -0.2) is 27.4 Å². The summed E-state index contributed by atoms with van der Waals surface area (Å²) in [5, 5.41) is 1.32. The van der Waals surface area contributed by atoms with E-state index in [1.54, 1.807) is 22.8 Å². The molecule has 0 bridgehead atoms. The minimum absolute atomic E-state index is 0.0377. The molecule has 0 atom stereocenters. The van der Waals surface area contributed by atoms with E-state index in [4.69, 9.17) is 4.84 Å². The summed E-state index contributed by atoms with van der Waals surface area (Å²) in [5.41, 5.74) is 1.64. The van der Waals surface area contributed by atoms with Crippen molar-refractivity contribution in [2.45, 2.75) is 19.4 Å². The first-order chi connectivity index (χ1) is 12.5. The highest BCUT2D eigenvalue weighted by atomic mass is 16.7. The second-order valence-corrected chi connectivity index (χ2v) is 6.02. The quantitative estimate of drug-likeness (QED) is 0.530. The lowest BCUT2D eigenvalue weighted by atomic mass is 10.0. The molecule has 1 saturated heterocycles. The lowest BCUT2D eigenvalue weighted by Crippen LogP contribution is -2.33. The van der Waals surface area contributed by atoms with Gasteiger partial charge in [-0.3, -0.25) is 14.4 Å². The van der Waals surface area contributed by atoms with E-state index < -0.39 is 17.8 Å².